The summed E-state index contributed by atoms with van der Waals surface area (Å²) in [5.74, 6) is -0.0261. The smallest absolute Gasteiger partial charge is 0.200 e. The van der Waals surface area contributed by atoms with E-state index in [1.54, 1.807) is 6.07 Å². The lowest BCUT2D eigenvalue weighted by Crippen LogP contribution is -2.13. The summed E-state index contributed by atoms with van der Waals surface area (Å²) in [6, 6.07) is 4.44. The Morgan fingerprint density at radius 1 is 1.31 bits per heavy atom. The number of hydrogen-bond donors (Lipinski definition) is 1. The summed E-state index contributed by atoms with van der Waals surface area (Å²) in [6.45, 7) is 0.566. The summed E-state index contributed by atoms with van der Waals surface area (Å²) in [6.07, 6.45) is 0. The van der Waals surface area contributed by atoms with Gasteiger partial charge >= 0.3 is 0 Å². The molecule has 5 heteroatoms. The van der Waals surface area contributed by atoms with Crippen molar-refractivity contribution in [2.24, 2.45) is 0 Å². The van der Waals surface area contributed by atoms with Crippen molar-refractivity contribution < 1.29 is 13.5 Å². The summed E-state index contributed by atoms with van der Waals surface area (Å²) in [5, 5.41) is 10.6. The molecule has 1 heterocycles. The summed E-state index contributed by atoms with van der Waals surface area (Å²) < 4.78 is 23.6. The fraction of sp³-hybridized carbons (Fsp3) is 0.273. The molecule has 0 radical (unpaired) electrons. The van der Waals surface area contributed by atoms with E-state index in [4.69, 9.17) is 0 Å². The number of rotatable bonds is 2. The van der Waals surface area contributed by atoms with E-state index in [-0.39, 0.29) is 10.6 Å². The van der Waals surface area contributed by atoms with Gasteiger partial charge in [-0.1, -0.05) is 0 Å². The van der Waals surface area contributed by atoms with Crippen LogP contribution in [-0.2, 0) is 9.84 Å². The van der Waals surface area contributed by atoms with E-state index in [0.29, 0.717) is 12.1 Å². The molecule has 16 heavy (non-hydrogen) atoms. The van der Waals surface area contributed by atoms with Crippen LogP contribution in [-0.4, -0.2) is 39.1 Å². The predicted octanol–water partition coefficient (Wildman–Crippen LogP) is 1.08. The molecule has 0 fully saturated rings. The van der Waals surface area contributed by atoms with Crippen LogP contribution >= 0.6 is 0 Å². The van der Waals surface area contributed by atoms with E-state index >= 15 is 0 Å². The van der Waals surface area contributed by atoms with Crippen molar-refractivity contribution in [2.75, 3.05) is 20.6 Å². The van der Waals surface area contributed by atoms with Crippen molar-refractivity contribution in [3.05, 3.63) is 29.2 Å². The number of benzene rings is 1. The van der Waals surface area contributed by atoms with Gasteiger partial charge in [-0.05, 0) is 43.4 Å². The molecule has 1 N–H and O–H groups in total. The lowest BCUT2D eigenvalue weighted by molar-refractivity contribution is 0.462. The molecular formula is C11H13NO3S. The minimum absolute atomic E-state index is 0.0261. The highest BCUT2D eigenvalue weighted by atomic mass is 32.2. The maximum atomic E-state index is 11.8. The first-order valence-corrected chi connectivity index (χ1v) is 6.38. The second-order valence-corrected chi connectivity index (χ2v) is 5.87. The zero-order chi connectivity index (χ0) is 11.9. The summed E-state index contributed by atoms with van der Waals surface area (Å²) in [5.41, 5.74) is 1.45. The average Bonchev–Trinajstić information content (AvgIpc) is 2.37. The van der Waals surface area contributed by atoms with Crippen LogP contribution in [0.25, 0.3) is 5.57 Å². The molecule has 4 nitrogen and oxygen atoms in total. The first kappa shape index (κ1) is 11.2. The maximum Gasteiger partial charge on any atom is 0.200 e. The van der Waals surface area contributed by atoms with Gasteiger partial charge in [-0.15, -0.1) is 0 Å². The quantitative estimate of drug-likeness (QED) is 0.839. The second-order valence-electron chi connectivity index (χ2n) is 4.11. The highest BCUT2D eigenvalue weighted by molar-refractivity contribution is 7.95. The van der Waals surface area contributed by atoms with Crippen LogP contribution in [0.2, 0.25) is 0 Å². The van der Waals surface area contributed by atoms with Crippen molar-refractivity contribution in [1.82, 2.24) is 4.90 Å². The van der Waals surface area contributed by atoms with Crippen LogP contribution in [0.1, 0.15) is 5.56 Å². The predicted molar refractivity (Wildman–Crippen MR) is 61.8 cm³/mol. The highest BCUT2D eigenvalue weighted by Gasteiger charge is 2.27. The Labute approximate surface area is 94.7 Å². The normalized spacial score (nSPS) is 17.3. The van der Waals surface area contributed by atoms with E-state index in [9.17, 15) is 13.5 Å². The third kappa shape index (κ3) is 1.83. The standard InChI is InChI=1S/C11H13NO3S/c1-12(2)6-8-7-16(14,15)11-5-9(13)3-4-10(8)11/h3-5,7,13H,6H2,1-2H3. The minimum Gasteiger partial charge on any atom is -0.508 e. The number of likely N-dealkylation sites (N-methyl/N-ethyl adjacent to an activating group) is 1. The molecule has 0 amide bonds. The topological polar surface area (TPSA) is 57.6 Å². The van der Waals surface area contributed by atoms with Crippen LogP contribution in [0.15, 0.2) is 28.5 Å². The minimum atomic E-state index is -3.37. The van der Waals surface area contributed by atoms with E-state index in [1.165, 1.54) is 17.5 Å². The van der Waals surface area contributed by atoms with Crippen molar-refractivity contribution in [1.29, 1.82) is 0 Å². The van der Waals surface area contributed by atoms with Gasteiger partial charge in [-0.2, -0.15) is 0 Å². The average molecular weight is 239 g/mol. The van der Waals surface area contributed by atoms with E-state index in [1.807, 2.05) is 19.0 Å². The van der Waals surface area contributed by atoms with Crippen molar-refractivity contribution in [2.45, 2.75) is 4.90 Å². The zero-order valence-corrected chi connectivity index (χ0v) is 9.95. The number of hydrogen-bond acceptors (Lipinski definition) is 4. The molecule has 0 atom stereocenters. The molecule has 1 aliphatic rings. The van der Waals surface area contributed by atoms with Gasteiger partial charge in [0.05, 0.1) is 4.90 Å². The zero-order valence-electron chi connectivity index (χ0n) is 9.14. The molecule has 0 aliphatic carbocycles. The van der Waals surface area contributed by atoms with Crippen LogP contribution in [0.3, 0.4) is 0 Å². The Morgan fingerprint density at radius 2 is 2.00 bits per heavy atom. The lowest BCUT2D eigenvalue weighted by atomic mass is 10.1. The van der Waals surface area contributed by atoms with E-state index in [0.717, 1.165) is 5.57 Å². The van der Waals surface area contributed by atoms with Gasteiger partial charge < -0.3 is 10.0 Å². The number of sulfone groups is 1. The number of aromatic hydroxyl groups is 1. The molecule has 1 aromatic rings. The molecule has 0 unspecified atom stereocenters. The summed E-state index contributed by atoms with van der Waals surface area (Å²) >= 11 is 0. The fourth-order valence-electron chi connectivity index (χ4n) is 1.79. The van der Waals surface area contributed by atoms with Gasteiger partial charge in [0, 0.05) is 12.0 Å². The first-order valence-electron chi connectivity index (χ1n) is 4.84. The molecule has 0 saturated heterocycles. The summed E-state index contributed by atoms with van der Waals surface area (Å²) in [4.78, 5) is 2.10. The van der Waals surface area contributed by atoms with Crippen molar-refractivity contribution >= 4 is 15.4 Å². The Balaban J connectivity index is 2.56. The Kier molecular flexibility index (Phi) is 2.52. The van der Waals surface area contributed by atoms with E-state index < -0.39 is 9.84 Å². The van der Waals surface area contributed by atoms with E-state index in [2.05, 4.69) is 0 Å². The first-order chi connectivity index (χ1) is 7.40. The number of nitrogens with zero attached hydrogens (tertiary/aromatic N) is 1. The highest BCUT2D eigenvalue weighted by Crippen LogP contribution is 2.35. The molecule has 0 saturated carbocycles. The molecule has 0 spiro atoms. The molecule has 2 rings (SSSR count). The van der Waals surface area contributed by atoms with Gasteiger partial charge in [-0.25, -0.2) is 8.42 Å². The number of phenols is 1. The number of fused-ring (bicyclic) bond motifs is 1. The van der Waals surface area contributed by atoms with Crippen molar-refractivity contribution in [3.63, 3.8) is 0 Å². The van der Waals surface area contributed by atoms with Gasteiger partial charge in [0.1, 0.15) is 5.75 Å². The maximum absolute atomic E-state index is 11.8. The van der Waals surface area contributed by atoms with Crippen LogP contribution in [0, 0.1) is 0 Å². The van der Waals surface area contributed by atoms with Gasteiger partial charge in [0.2, 0.25) is 9.84 Å². The third-order valence-electron chi connectivity index (χ3n) is 2.40. The largest absolute Gasteiger partial charge is 0.508 e. The molecule has 1 aliphatic heterocycles. The monoisotopic (exact) mass is 239 g/mol. The van der Waals surface area contributed by atoms with Gasteiger partial charge in [0.15, 0.2) is 0 Å². The third-order valence-corrected chi connectivity index (χ3v) is 3.95. The van der Waals surface area contributed by atoms with Crippen LogP contribution in [0.4, 0.5) is 0 Å². The Morgan fingerprint density at radius 3 is 2.62 bits per heavy atom. The molecule has 0 aromatic heterocycles. The molecular weight excluding hydrogens is 226 g/mol. The fourth-order valence-corrected chi connectivity index (χ4v) is 3.28. The van der Waals surface area contributed by atoms with Crippen molar-refractivity contribution in [3.8, 4) is 5.75 Å². The van der Waals surface area contributed by atoms with Crippen LogP contribution in [0.5, 0.6) is 5.75 Å². The molecule has 0 bridgehead atoms. The lowest BCUT2D eigenvalue weighted by Gasteiger charge is -2.10. The molecule has 1 aromatic carbocycles. The Bertz CT molecular complexity index is 559. The number of phenolic OH excluding ortho intramolecular Hbond substituents is 1. The van der Waals surface area contributed by atoms with Gasteiger partial charge in [-0.3, -0.25) is 0 Å². The second kappa shape index (κ2) is 3.61. The van der Waals surface area contributed by atoms with Gasteiger partial charge in [0.25, 0.3) is 0 Å². The SMILES string of the molecule is CN(C)CC1=CS(=O)(=O)c2cc(O)ccc21. The summed E-state index contributed by atoms with van der Waals surface area (Å²) in [7, 11) is 0.390. The van der Waals surface area contributed by atoms with Crippen LogP contribution < -0.4 is 0 Å². The Hall–Kier alpha value is -1.33. The molecule has 86 valence electrons.